The van der Waals surface area contributed by atoms with E-state index >= 15 is 0 Å². The van der Waals surface area contributed by atoms with Gasteiger partial charge in [-0.1, -0.05) is 18.2 Å². The van der Waals surface area contributed by atoms with Crippen molar-refractivity contribution in [1.82, 2.24) is 4.90 Å². The van der Waals surface area contributed by atoms with Gasteiger partial charge < -0.3 is 20.1 Å². The summed E-state index contributed by atoms with van der Waals surface area (Å²) in [4.78, 5) is 14.7. The van der Waals surface area contributed by atoms with E-state index in [1.807, 2.05) is 36.1 Å². The van der Waals surface area contributed by atoms with Crippen molar-refractivity contribution in [2.45, 2.75) is 26.2 Å². The fourth-order valence-corrected chi connectivity index (χ4v) is 4.97. The fraction of sp³-hybridized carbons (Fsp3) is 0.391. The average molecular weight is 473 g/mol. The molecule has 1 saturated heterocycles. The number of carbonyl (C=O) groups is 1. The highest BCUT2D eigenvalue weighted by Gasteiger charge is 2.27. The highest BCUT2D eigenvalue weighted by molar-refractivity contribution is 7.91. The first-order chi connectivity index (χ1) is 15.8. The Bertz CT molecular complexity index is 1150. The van der Waals surface area contributed by atoms with Crippen LogP contribution in [0.5, 0.6) is 11.5 Å². The van der Waals surface area contributed by atoms with E-state index < -0.39 is 10.2 Å². The van der Waals surface area contributed by atoms with Crippen LogP contribution in [0.25, 0.3) is 0 Å². The summed E-state index contributed by atoms with van der Waals surface area (Å²) in [6.07, 6.45) is 2.19. The summed E-state index contributed by atoms with van der Waals surface area (Å²) in [7, 11) is -3.84. The van der Waals surface area contributed by atoms with Crippen molar-refractivity contribution in [1.29, 1.82) is 0 Å². The number of rotatable bonds is 7. The zero-order chi connectivity index (χ0) is 23.4. The maximum Gasteiger partial charge on any atom is 0.344 e. The third-order valence-corrected chi connectivity index (χ3v) is 6.59. The molecule has 0 spiro atoms. The van der Waals surface area contributed by atoms with Gasteiger partial charge in [-0.15, -0.1) is 4.40 Å². The number of ether oxygens (including phenoxy) is 2. The number of hydrogen-bond donors (Lipinski definition) is 2. The number of carbonyl (C=O) groups excluding carboxylic acids is 1. The van der Waals surface area contributed by atoms with Crippen LogP contribution in [0.3, 0.4) is 0 Å². The molecule has 1 atom stereocenters. The number of amides is 1. The lowest BCUT2D eigenvalue weighted by atomic mass is 9.98. The molecule has 0 unspecified atom stereocenters. The Morgan fingerprint density at radius 1 is 1.21 bits per heavy atom. The zero-order valence-electron chi connectivity index (χ0n) is 18.5. The SMILES string of the molecule is CCOc1ccc(CC(=O)N2CCC[C@H](COc3cccc4c3C(N)=NS(=O)(=O)N4)C2)cc1. The largest absolute Gasteiger partial charge is 0.494 e. The van der Waals surface area contributed by atoms with Crippen LogP contribution in [0.2, 0.25) is 0 Å². The molecule has 2 aromatic carbocycles. The van der Waals surface area contributed by atoms with Crippen LogP contribution in [0, 0.1) is 5.92 Å². The molecule has 2 heterocycles. The van der Waals surface area contributed by atoms with E-state index in [2.05, 4.69) is 9.12 Å². The van der Waals surface area contributed by atoms with E-state index in [0.717, 1.165) is 30.7 Å². The molecule has 2 aliphatic heterocycles. The van der Waals surface area contributed by atoms with E-state index in [9.17, 15) is 13.2 Å². The third-order valence-electron chi connectivity index (χ3n) is 5.68. The van der Waals surface area contributed by atoms with Gasteiger partial charge in [0.2, 0.25) is 5.91 Å². The summed E-state index contributed by atoms with van der Waals surface area (Å²) in [5, 5.41) is 0. The van der Waals surface area contributed by atoms with Gasteiger partial charge in [0.15, 0.2) is 5.84 Å². The standard InChI is InChI=1S/C23H28N4O5S/c1-2-31-18-10-8-16(9-11-18)13-21(28)27-12-4-5-17(14-27)15-32-20-7-3-6-19-22(20)23(24)26-33(29,30)25-19/h3,6-11,17,25H,2,4-5,12-15H2,1H3,(H2,24,26)/t17-/m0/s1. The number of nitrogens with one attached hydrogen (secondary N) is 1. The van der Waals surface area contributed by atoms with Crippen LogP contribution in [-0.2, 0) is 21.4 Å². The quantitative estimate of drug-likeness (QED) is 0.638. The Kier molecular flexibility index (Phi) is 6.73. The third kappa shape index (κ3) is 5.57. The Morgan fingerprint density at radius 2 is 2.00 bits per heavy atom. The minimum absolute atomic E-state index is 0.0896. The highest BCUT2D eigenvalue weighted by atomic mass is 32.2. The van der Waals surface area contributed by atoms with Crippen molar-refractivity contribution < 1.29 is 22.7 Å². The van der Waals surface area contributed by atoms with Crippen LogP contribution >= 0.6 is 0 Å². The summed E-state index contributed by atoms with van der Waals surface area (Å²) >= 11 is 0. The molecule has 2 aliphatic rings. The second kappa shape index (κ2) is 9.70. The molecule has 0 saturated carbocycles. The second-order valence-electron chi connectivity index (χ2n) is 8.15. The number of anilines is 1. The maximum atomic E-state index is 12.8. The van der Waals surface area contributed by atoms with Gasteiger partial charge in [0.25, 0.3) is 0 Å². The van der Waals surface area contributed by atoms with E-state index in [0.29, 0.717) is 43.2 Å². The lowest BCUT2D eigenvalue weighted by Gasteiger charge is -2.33. The van der Waals surface area contributed by atoms with Crippen LogP contribution in [0.1, 0.15) is 30.9 Å². The molecule has 33 heavy (non-hydrogen) atoms. The second-order valence-corrected chi connectivity index (χ2v) is 9.48. The molecule has 0 aromatic heterocycles. The topological polar surface area (TPSA) is 123 Å². The predicted molar refractivity (Wildman–Crippen MR) is 126 cm³/mol. The number of nitrogens with zero attached hydrogens (tertiary/aromatic N) is 2. The Labute approximate surface area is 193 Å². The molecule has 1 fully saturated rings. The predicted octanol–water partition coefficient (Wildman–Crippen LogP) is 2.32. The van der Waals surface area contributed by atoms with Crippen LogP contribution in [0.4, 0.5) is 5.69 Å². The van der Waals surface area contributed by atoms with Gasteiger partial charge in [0, 0.05) is 19.0 Å². The van der Waals surface area contributed by atoms with E-state index in [4.69, 9.17) is 15.2 Å². The average Bonchev–Trinajstić information content (AvgIpc) is 2.78. The van der Waals surface area contributed by atoms with Crippen LogP contribution < -0.4 is 19.9 Å². The summed E-state index contributed by atoms with van der Waals surface area (Å²) in [6, 6.07) is 12.7. The summed E-state index contributed by atoms with van der Waals surface area (Å²) in [6.45, 7) is 4.28. The monoisotopic (exact) mass is 472 g/mol. The van der Waals surface area contributed by atoms with Gasteiger partial charge in [-0.05, 0) is 49.6 Å². The van der Waals surface area contributed by atoms with Gasteiger partial charge in [-0.2, -0.15) is 8.42 Å². The smallest absolute Gasteiger partial charge is 0.344 e. The number of nitrogens with two attached hydrogens (primary N) is 1. The first-order valence-corrected chi connectivity index (χ1v) is 12.4. The first kappa shape index (κ1) is 22.9. The maximum absolute atomic E-state index is 12.8. The summed E-state index contributed by atoms with van der Waals surface area (Å²) < 4.78 is 40.9. The minimum Gasteiger partial charge on any atom is -0.494 e. The molecule has 4 rings (SSSR count). The number of hydrogen-bond acceptors (Lipinski definition) is 6. The number of likely N-dealkylation sites (tertiary alicyclic amines) is 1. The molecule has 0 radical (unpaired) electrons. The molecule has 176 valence electrons. The van der Waals surface area contributed by atoms with Gasteiger partial charge in [0.05, 0.1) is 30.9 Å². The first-order valence-electron chi connectivity index (χ1n) is 11.0. The lowest BCUT2D eigenvalue weighted by Crippen LogP contribution is -2.42. The summed E-state index contributed by atoms with van der Waals surface area (Å²) in [5.74, 6) is 1.42. The zero-order valence-corrected chi connectivity index (χ0v) is 19.3. The normalized spacial score (nSPS) is 19.1. The number of amidine groups is 1. The van der Waals surface area contributed by atoms with Crippen molar-refractivity contribution >= 4 is 27.6 Å². The fourth-order valence-electron chi connectivity index (χ4n) is 4.13. The van der Waals surface area contributed by atoms with Crippen molar-refractivity contribution in [3.8, 4) is 11.5 Å². The van der Waals surface area contributed by atoms with Crippen LogP contribution in [0.15, 0.2) is 46.9 Å². The lowest BCUT2D eigenvalue weighted by molar-refractivity contribution is -0.132. The molecule has 1 amide bonds. The Hall–Kier alpha value is -3.27. The molecular formula is C23H28N4O5S. The Balaban J connectivity index is 1.36. The van der Waals surface area contributed by atoms with Gasteiger partial charge in [-0.25, -0.2) is 0 Å². The van der Waals surface area contributed by atoms with Gasteiger partial charge in [-0.3, -0.25) is 9.52 Å². The summed E-state index contributed by atoms with van der Waals surface area (Å²) in [5.41, 5.74) is 7.62. The van der Waals surface area contributed by atoms with Crippen molar-refractivity contribution in [3.05, 3.63) is 53.6 Å². The molecule has 9 nitrogen and oxygen atoms in total. The number of fused-ring (bicyclic) bond motifs is 1. The molecule has 3 N–H and O–H groups in total. The minimum atomic E-state index is -3.84. The number of piperidine rings is 1. The molecule has 2 aromatic rings. The van der Waals surface area contributed by atoms with Crippen molar-refractivity contribution in [2.24, 2.45) is 16.0 Å². The van der Waals surface area contributed by atoms with Gasteiger partial charge >= 0.3 is 10.2 Å². The molecular weight excluding hydrogens is 444 g/mol. The highest BCUT2D eigenvalue weighted by Crippen LogP contribution is 2.31. The molecule has 10 heteroatoms. The van der Waals surface area contributed by atoms with E-state index in [1.165, 1.54) is 0 Å². The number of benzene rings is 2. The molecule has 0 bridgehead atoms. The molecule has 0 aliphatic carbocycles. The van der Waals surface area contributed by atoms with Crippen LogP contribution in [-0.4, -0.2) is 51.4 Å². The van der Waals surface area contributed by atoms with E-state index in [-0.39, 0.29) is 17.7 Å². The van der Waals surface area contributed by atoms with Crippen molar-refractivity contribution in [2.75, 3.05) is 31.0 Å². The Morgan fingerprint density at radius 3 is 2.76 bits per heavy atom. The van der Waals surface area contributed by atoms with E-state index in [1.54, 1.807) is 18.2 Å². The van der Waals surface area contributed by atoms with Crippen molar-refractivity contribution in [3.63, 3.8) is 0 Å². The van der Waals surface area contributed by atoms with Gasteiger partial charge in [0.1, 0.15) is 11.5 Å².